The van der Waals surface area contributed by atoms with Gasteiger partial charge in [0.15, 0.2) is 0 Å². The summed E-state index contributed by atoms with van der Waals surface area (Å²) in [5.74, 6) is 0. The SMILES string of the molecule is CCCCCCCCCCCCCCCCCC(C)(C)OS(=O)(=O)O. The van der Waals surface area contributed by atoms with Crippen molar-refractivity contribution < 1.29 is 17.2 Å². The molecule has 0 amide bonds. The van der Waals surface area contributed by atoms with Gasteiger partial charge in [0.1, 0.15) is 0 Å². The molecule has 0 atom stereocenters. The molecule has 0 spiro atoms. The maximum Gasteiger partial charge on any atom is 0.397 e. The van der Waals surface area contributed by atoms with E-state index in [1.165, 1.54) is 83.5 Å². The molecular formula is C20H42O4S. The molecule has 0 bridgehead atoms. The summed E-state index contributed by atoms with van der Waals surface area (Å²) in [5, 5.41) is 0. The fourth-order valence-corrected chi connectivity index (χ4v) is 3.90. The normalized spacial score (nSPS) is 12.6. The van der Waals surface area contributed by atoms with E-state index in [4.69, 9.17) is 4.55 Å². The highest BCUT2D eigenvalue weighted by Gasteiger charge is 2.24. The Kier molecular flexibility index (Phi) is 14.9. The Morgan fingerprint density at radius 2 is 1.00 bits per heavy atom. The van der Waals surface area contributed by atoms with Gasteiger partial charge >= 0.3 is 10.4 Å². The zero-order chi connectivity index (χ0) is 19.0. The smallest absolute Gasteiger partial charge is 0.264 e. The first-order chi connectivity index (χ1) is 11.8. The quantitative estimate of drug-likeness (QED) is 0.209. The summed E-state index contributed by atoms with van der Waals surface area (Å²) in [6, 6.07) is 0. The summed E-state index contributed by atoms with van der Waals surface area (Å²) in [4.78, 5) is 0. The predicted octanol–water partition coefficient (Wildman–Crippen LogP) is 6.85. The molecule has 0 fully saturated rings. The third-order valence-corrected chi connectivity index (χ3v) is 5.38. The third kappa shape index (κ3) is 20.0. The summed E-state index contributed by atoms with van der Waals surface area (Å²) in [6.07, 6.45) is 20.3. The van der Waals surface area contributed by atoms with Crippen molar-refractivity contribution in [2.75, 3.05) is 0 Å². The Morgan fingerprint density at radius 1 is 0.680 bits per heavy atom. The van der Waals surface area contributed by atoms with Crippen LogP contribution in [0.4, 0.5) is 0 Å². The average Bonchev–Trinajstić information content (AvgIpc) is 2.48. The van der Waals surface area contributed by atoms with Crippen LogP contribution in [0.5, 0.6) is 0 Å². The molecule has 0 saturated carbocycles. The van der Waals surface area contributed by atoms with Crippen LogP contribution in [0.2, 0.25) is 0 Å². The standard InChI is InChI=1S/C20H42O4S/c1-4-5-6-7-8-9-10-11-12-13-14-15-16-17-18-19-20(2,3)24-25(21,22)23/h4-19H2,1-3H3,(H,21,22,23). The fourth-order valence-electron chi connectivity index (χ4n) is 3.25. The van der Waals surface area contributed by atoms with E-state index in [2.05, 4.69) is 11.1 Å². The molecule has 0 unspecified atom stereocenters. The van der Waals surface area contributed by atoms with Crippen LogP contribution in [0.1, 0.15) is 124 Å². The zero-order valence-electron chi connectivity index (χ0n) is 16.9. The van der Waals surface area contributed by atoms with Crippen LogP contribution in [0.3, 0.4) is 0 Å². The predicted molar refractivity (Wildman–Crippen MR) is 106 cm³/mol. The number of hydrogen-bond donors (Lipinski definition) is 1. The molecule has 0 radical (unpaired) electrons. The lowest BCUT2D eigenvalue weighted by atomic mass is 9.99. The largest absolute Gasteiger partial charge is 0.397 e. The molecule has 5 heteroatoms. The van der Waals surface area contributed by atoms with Crippen molar-refractivity contribution >= 4 is 10.4 Å². The highest BCUT2D eigenvalue weighted by molar-refractivity contribution is 7.80. The van der Waals surface area contributed by atoms with Gasteiger partial charge in [-0.3, -0.25) is 4.55 Å². The summed E-state index contributed by atoms with van der Waals surface area (Å²) >= 11 is 0. The van der Waals surface area contributed by atoms with Crippen molar-refractivity contribution in [1.29, 1.82) is 0 Å². The van der Waals surface area contributed by atoms with Gasteiger partial charge in [0, 0.05) is 0 Å². The highest BCUT2D eigenvalue weighted by Crippen LogP contribution is 2.21. The second kappa shape index (κ2) is 15.0. The van der Waals surface area contributed by atoms with E-state index in [0.29, 0.717) is 6.42 Å². The third-order valence-electron chi connectivity index (χ3n) is 4.71. The van der Waals surface area contributed by atoms with Crippen molar-refractivity contribution in [3.05, 3.63) is 0 Å². The lowest BCUT2D eigenvalue weighted by molar-refractivity contribution is 0.0876. The lowest BCUT2D eigenvalue weighted by Gasteiger charge is -2.22. The monoisotopic (exact) mass is 378 g/mol. The molecule has 0 aliphatic carbocycles. The molecule has 0 aromatic heterocycles. The summed E-state index contributed by atoms with van der Waals surface area (Å²) < 4.78 is 34.9. The molecule has 0 aromatic rings. The second-order valence-electron chi connectivity index (χ2n) is 7.97. The molecule has 0 rings (SSSR count). The number of unbranched alkanes of at least 4 members (excludes halogenated alkanes) is 14. The topological polar surface area (TPSA) is 63.6 Å². The molecule has 0 saturated heterocycles. The summed E-state index contributed by atoms with van der Waals surface area (Å²) in [7, 11) is -4.35. The van der Waals surface area contributed by atoms with Crippen LogP contribution in [0.25, 0.3) is 0 Å². The first-order valence-electron chi connectivity index (χ1n) is 10.4. The first-order valence-corrected chi connectivity index (χ1v) is 11.8. The lowest BCUT2D eigenvalue weighted by Crippen LogP contribution is -2.27. The molecule has 0 aliphatic heterocycles. The second-order valence-corrected chi connectivity index (χ2v) is 8.99. The minimum Gasteiger partial charge on any atom is -0.264 e. The van der Waals surface area contributed by atoms with Gasteiger partial charge in [0.05, 0.1) is 5.60 Å². The van der Waals surface area contributed by atoms with Gasteiger partial charge in [-0.05, 0) is 20.3 Å². The van der Waals surface area contributed by atoms with Crippen LogP contribution >= 0.6 is 0 Å². The van der Waals surface area contributed by atoms with E-state index in [9.17, 15) is 8.42 Å². The van der Waals surface area contributed by atoms with Gasteiger partial charge in [-0.25, -0.2) is 4.18 Å². The van der Waals surface area contributed by atoms with Crippen molar-refractivity contribution in [1.82, 2.24) is 0 Å². The van der Waals surface area contributed by atoms with Gasteiger partial charge in [-0.15, -0.1) is 0 Å². The van der Waals surface area contributed by atoms with Gasteiger partial charge in [-0.2, -0.15) is 8.42 Å². The number of rotatable bonds is 18. The first kappa shape index (κ1) is 24.9. The molecule has 4 nitrogen and oxygen atoms in total. The highest BCUT2D eigenvalue weighted by atomic mass is 32.3. The Labute approximate surface area is 157 Å². The van der Waals surface area contributed by atoms with Gasteiger partial charge < -0.3 is 0 Å². The van der Waals surface area contributed by atoms with E-state index in [1.807, 2.05) is 0 Å². The maximum atomic E-state index is 10.7. The Bertz CT molecular complexity index is 391. The van der Waals surface area contributed by atoms with E-state index in [-0.39, 0.29) is 0 Å². The van der Waals surface area contributed by atoms with Crippen molar-refractivity contribution in [3.63, 3.8) is 0 Å². The fraction of sp³-hybridized carbons (Fsp3) is 1.00. The van der Waals surface area contributed by atoms with Crippen LogP contribution in [-0.4, -0.2) is 18.6 Å². The Hall–Kier alpha value is -0.130. The summed E-state index contributed by atoms with van der Waals surface area (Å²) in [6.45, 7) is 5.66. The van der Waals surface area contributed by atoms with Gasteiger partial charge in [-0.1, -0.05) is 103 Å². The van der Waals surface area contributed by atoms with Gasteiger partial charge in [0.25, 0.3) is 0 Å². The van der Waals surface area contributed by atoms with E-state index < -0.39 is 16.0 Å². The average molecular weight is 379 g/mol. The van der Waals surface area contributed by atoms with E-state index in [0.717, 1.165) is 12.8 Å². The molecule has 1 N–H and O–H groups in total. The Morgan fingerprint density at radius 3 is 1.32 bits per heavy atom. The molecule has 25 heavy (non-hydrogen) atoms. The molecule has 152 valence electrons. The van der Waals surface area contributed by atoms with E-state index in [1.54, 1.807) is 13.8 Å². The van der Waals surface area contributed by atoms with Crippen LogP contribution in [0, 0.1) is 0 Å². The minimum absolute atomic E-state index is 0.644. The minimum atomic E-state index is -4.35. The zero-order valence-corrected chi connectivity index (χ0v) is 17.7. The summed E-state index contributed by atoms with van der Waals surface area (Å²) in [5.41, 5.74) is -0.815. The van der Waals surface area contributed by atoms with Crippen molar-refractivity contribution in [2.24, 2.45) is 0 Å². The molecule has 0 heterocycles. The Balaban J connectivity index is 3.29. The van der Waals surface area contributed by atoms with Crippen LogP contribution < -0.4 is 0 Å². The van der Waals surface area contributed by atoms with Crippen LogP contribution in [-0.2, 0) is 14.6 Å². The molecular weight excluding hydrogens is 336 g/mol. The van der Waals surface area contributed by atoms with Crippen molar-refractivity contribution in [2.45, 2.75) is 129 Å². The van der Waals surface area contributed by atoms with Gasteiger partial charge in [0.2, 0.25) is 0 Å². The molecule has 0 aromatic carbocycles. The van der Waals surface area contributed by atoms with E-state index >= 15 is 0 Å². The number of hydrogen-bond acceptors (Lipinski definition) is 3. The maximum absolute atomic E-state index is 10.7. The molecule has 0 aliphatic rings. The van der Waals surface area contributed by atoms with Crippen LogP contribution in [0.15, 0.2) is 0 Å². The van der Waals surface area contributed by atoms with Crippen molar-refractivity contribution in [3.8, 4) is 0 Å².